The first-order valence-electron chi connectivity index (χ1n) is 10.1. The first-order chi connectivity index (χ1) is 16.4. The van der Waals surface area contributed by atoms with E-state index in [2.05, 4.69) is 20.4 Å². The second-order valence-electron chi connectivity index (χ2n) is 7.80. The monoisotopic (exact) mass is 549 g/mol. The summed E-state index contributed by atoms with van der Waals surface area (Å²) in [5, 5.41) is 28.0. The maximum atomic E-state index is 11.9. The highest BCUT2D eigenvalue weighted by Gasteiger charge is 2.46. The van der Waals surface area contributed by atoms with E-state index in [0.717, 1.165) is 5.56 Å². The molecule has 0 radical (unpaired) electrons. The molecule has 1 aromatic carbocycles. The lowest BCUT2D eigenvalue weighted by Gasteiger charge is -2.18. The number of rotatable bonds is 9. The minimum atomic E-state index is -4.83. The average Bonchev–Trinajstić information content (AvgIpc) is 3.31. The van der Waals surface area contributed by atoms with E-state index in [9.17, 15) is 24.2 Å². The van der Waals surface area contributed by atoms with Crippen molar-refractivity contribution in [2.45, 2.75) is 31.0 Å². The summed E-state index contributed by atoms with van der Waals surface area (Å²) in [6, 6.07) is 9.50. The third-order valence-corrected chi connectivity index (χ3v) is 8.74. The molecule has 5 atom stereocenters. The Morgan fingerprint density at radius 3 is 2.54 bits per heavy atom. The molecule has 14 nitrogen and oxygen atoms in total. The zero-order valence-electron chi connectivity index (χ0n) is 17.8. The predicted octanol–water partition coefficient (Wildman–Crippen LogP) is 0.889. The average molecular weight is 550 g/mol. The first-order valence-corrected chi connectivity index (χ1v) is 14.1. The van der Waals surface area contributed by atoms with E-state index in [1.807, 2.05) is 30.3 Å². The lowest BCUT2D eigenvalue weighted by Crippen LogP contribution is -2.33. The predicted molar refractivity (Wildman–Crippen MR) is 122 cm³/mol. The molecule has 190 valence electrons. The normalized spacial score (nSPS) is 24.5. The summed E-state index contributed by atoms with van der Waals surface area (Å²) >= 11 is 6.08. The van der Waals surface area contributed by atoms with Crippen molar-refractivity contribution in [3.05, 3.63) is 53.1 Å². The summed E-state index contributed by atoms with van der Waals surface area (Å²) < 4.78 is 34.5. The van der Waals surface area contributed by atoms with Crippen molar-refractivity contribution in [2.75, 3.05) is 17.8 Å². The SMILES string of the molecule is O=P(O)(O)CP(=O)(O)OCC1OC(c2cnc3c(NCc4ccccc4)nc(Cl)nn23)C(O)C1O. The number of aliphatic hydroxyl groups excluding tert-OH is 2. The van der Waals surface area contributed by atoms with Crippen molar-refractivity contribution in [1.82, 2.24) is 19.6 Å². The maximum absolute atomic E-state index is 11.9. The van der Waals surface area contributed by atoms with Crippen molar-refractivity contribution in [3.63, 3.8) is 0 Å². The zero-order valence-corrected chi connectivity index (χ0v) is 20.4. The number of hydrogen-bond donors (Lipinski definition) is 6. The number of aromatic nitrogens is 4. The van der Waals surface area contributed by atoms with E-state index in [1.165, 1.54) is 10.7 Å². The van der Waals surface area contributed by atoms with Crippen molar-refractivity contribution < 1.29 is 43.3 Å². The van der Waals surface area contributed by atoms with Gasteiger partial charge in [0.05, 0.1) is 18.5 Å². The highest BCUT2D eigenvalue weighted by atomic mass is 35.5. The van der Waals surface area contributed by atoms with Gasteiger partial charge in [-0.1, -0.05) is 30.3 Å². The van der Waals surface area contributed by atoms with Crippen LogP contribution in [0.4, 0.5) is 5.82 Å². The standard InChI is InChI=1S/C18H22ClN5O9P2/c19-18-22-16(20-6-10-4-2-1-3-5-10)17-21-7-11(24(17)23-18)15-14(26)13(25)12(33-15)8-32-35(30,31)9-34(27,28)29/h1-5,7,12-15,25-26H,6,8-9H2,(H,30,31)(H,20,22,23)(H2,27,28,29). The Kier molecular flexibility index (Phi) is 7.60. The number of aliphatic hydroxyl groups is 2. The second kappa shape index (κ2) is 10.2. The molecule has 5 unspecified atom stereocenters. The van der Waals surface area contributed by atoms with Crippen LogP contribution in [0.15, 0.2) is 36.5 Å². The molecule has 35 heavy (non-hydrogen) atoms. The molecule has 6 N–H and O–H groups in total. The molecule has 3 heterocycles. The van der Waals surface area contributed by atoms with Crippen LogP contribution in [-0.4, -0.2) is 75.3 Å². The van der Waals surface area contributed by atoms with Gasteiger partial charge in [0, 0.05) is 6.54 Å². The fourth-order valence-electron chi connectivity index (χ4n) is 3.56. The van der Waals surface area contributed by atoms with E-state index in [0.29, 0.717) is 12.4 Å². The third-order valence-electron chi connectivity index (χ3n) is 5.12. The molecule has 0 saturated carbocycles. The Bertz CT molecular complexity index is 1290. The number of anilines is 1. The number of halogens is 1. The van der Waals surface area contributed by atoms with E-state index in [-0.39, 0.29) is 16.6 Å². The topological polar surface area (TPSA) is 209 Å². The van der Waals surface area contributed by atoms with Gasteiger partial charge in [-0.25, -0.2) is 9.50 Å². The van der Waals surface area contributed by atoms with Crippen molar-refractivity contribution in [2.24, 2.45) is 0 Å². The van der Waals surface area contributed by atoms with Gasteiger partial charge in [0.2, 0.25) is 5.28 Å². The van der Waals surface area contributed by atoms with Gasteiger partial charge in [0.1, 0.15) is 24.4 Å². The first kappa shape index (κ1) is 26.1. The van der Waals surface area contributed by atoms with Crippen LogP contribution in [0.5, 0.6) is 0 Å². The quantitative estimate of drug-likeness (QED) is 0.205. The van der Waals surface area contributed by atoms with E-state index >= 15 is 0 Å². The molecule has 3 aromatic rings. The molecule has 0 bridgehead atoms. The molecular formula is C18H22ClN5O9P2. The molecule has 0 spiro atoms. The van der Waals surface area contributed by atoms with Crippen LogP contribution in [-0.2, 0) is 24.9 Å². The number of nitrogens with one attached hydrogen (secondary N) is 1. The summed E-state index contributed by atoms with van der Waals surface area (Å²) in [6.45, 7) is -0.290. The smallest absolute Gasteiger partial charge is 0.340 e. The summed E-state index contributed by atoms with van der Waals surface area (Å²) in [5.74, 6) is -1.08. The van der Waals surface area contributed by atoms with E-state index < -0.39 is 52.1 Å². The number of ether oxygens (including phenoxy) is 1. The molecule has 1 aliphatic heterocycles. The number of fused-ring (bicyclic) bond motifs is 1. The molecule has 0 amide bonds. The third kappa shape index (κ3) is 6.25. The fourth-order valence-corrected chi connectivity index (χ4v) is 6.29. The second-order valence-corrected chi connectivity index (χ2v) is 12.1. The fraction of sp³-hybridized carbons (Fsp3) is 0.389. The number of hydrogen-bond acceptors (Lipinski definition) is 10. The molecule has 1 saturated heterocycles. The lowest BCUT2D eigenvalue weighted by molar-refractivity contribution is -0.0204. The number of nitrogens with zero attached hydrogens (tertiary/aromatic N) is 4. The van der Waals surface area contributed by atoms with Gasteiger partial charge in [-0.15, -0.1) is 5.10 Å². The van der Waals surface area contributed by atoms with Gasteiger partial charge < -0.3 is 39.5 Å². The molecule has 4 rings (SSSR count). The molecule has 2 aromatic heterocycles. The van der Waals surface area contributed by atoms with Crippen molar-refractivity contribution in [3.8, 4) is 0 Å². The minimum Gasteiger partial charge on any atom is -0.387 e. The Labute approximate surface area is 203 Å². The van der Waals surface area contributed by atoms with Crippen LogP contribution in [0.1, 0.15) is 17.4 Å². The summed E-state index contributed by atoms with van der Waals surface area (Å²) in [5.41, 5.74) is 1.46. The molecule has 17 heteroatoms. The van der Waals surface area contributed by atoms with Gasteiger partial charge in [-0.05, 0) is 17.2 Å². The van der Waals surface area contributed by atoms with Crippen LogP contribution in [0.2, 0.25) is 5.28 Å². The van der Waals surface area contributed by atoms with Gasteiger partial charge in [0.25, 0.3) is 0 Å². The van der Waals surface area contributed by atoms with Crippen LogP contribution in [0.3, 0.4) is 0 Å². The zero-order chi connectivity index (χ0) is 25.4. The maximum Gasteiger partial charge on any atom is 0.340 e. The minimum absolute atomic E-state index is 0.126. The Balaban J connectivity index is 1.52. The Morgan fingerprint density at radius 1 is 1.14 bits per heavy atom. The lowest BCUT2D eigenvalue weighted by atomic mass is 10.1. The van der Waals surface area contributed by atoms with Crippen molar-refractivity contribution >= 4 is 38.3 Å². The van der Waals surface area contributed by atoms with E-state index in [4.69, 9.17) is 30.6 Å². The van der Waals surface area contributed by atoms with Gasteiger partial charge in [0.15, 0.2) is 17.4 Å². The summed E-state index contributed by atoms with van der Waals surface area (Å²) in [6.07, 6.45) is -4.17. The van der Waals surface area contributed by atoms with Gasteiger partial charge in [-0.3, -0.25) is 9.13 Å². The number of imidazole rings is 1. The largest absolute Gasteiger partial charge is 0.387 e. The van der Waals surface area contributed by atoms with Crippen molar-refractivity contribution in [1.29, 1.82) is 0 Å². The molecule has 1 aliphatic rings. The van der Waals surface area contributed by atoms with Gasteiger partial charge >= 0.3 is 15.2 Å². The summed E-state index contributed by atoms with van der Waals surface area (Å²) in [7, 11) is -9.50. The molecule has 1 fully saturated rings. The Morgan fingerprint density at radius 2 is 1.86 bits per heavy atom. The molecule has 0 aliphatic carbocycles. The van der Waals surface area contributed by atoms with Crippen LogP contribution in [0.25, 0.3) is 5.65 Å². The number of benzene rings is 1. The van der Waals surface area contributed by atoms with E-state index in [1.54, 1.807) is 0 Å². The molecular weight excluding hydrogens is 528 g/mol. The van der Waals surface area contributed by atoms with Gasteiger partial charge in [-0.2, -0.15) is 4.98 Å². The van der Waals surface area contributed by atoms with Crippen LogP contribution < -0.4 is 5.32 Å². The Hall–Kier alpha value is -1.96. The highest BCUT2D eigenvalue weighted by Crippen LogP contribution is 2.55. The van der Waals surface area contributed by atoms with Crippen LogP contribution in [0, 0.1) is 0 Å². The van der Waals surface area contributed by atoms with Crippen LogP contribution >= 0.6 is 26.8 Å². The highest BCUT2D eigenvalue weighted by molar-refractivity contribution is 7.70. The summed E-state index contributed by atoms with van der Waals surface area (Å²) in [4.78, 5) is 35.9.